The maximum absolute atomic E-state index is 11.7. The Morgan fingerprint density at radius 2 is 2.31 bits per heavy atom. The summed E-state index contributed by atoms with van der Waals surface area (Å²) in [5.41, 5.74) is 0.948. The molecule has 0 aliphatic carbocycles. The van der Waals surface area contributed by atoms with Gasteiger partial charge in [0.05, 0.1) is 0 Å². The first kappa shape index (κ1) is 13.6. The maximum atomic E-state index is 11.7. The summed E-state index contributed by atoms with van der Waals surface area (Å²) in [5, 5.41) is 12.4. The van der Waals surface area contributed by atoms with Crippen LogP contribution in [-0.2, 0) is 16.8 Å². The van der Waals surface area contributed by atoms with Crippen LogP contribution in [0.25, 0.3) is 0 Å². The van der Waals surface area contributed by atoms with Gasteiger partial charge >= 0.3 is 0 Å². The Balaban J connectivity index is 2.45. The molecule has 0 atom stereocenters. The van der Waals surface area contributed by atoms with Gasteiger partial charge in [-0.3, -0.25) is 0 Å². The van der Waals surface area contributed by atoms with E-state index < -0.39 is 10.2 Å². The van der Waals surface area contributed by atoms with E-state index in [1.807, 2.05) is 16.8 Å². The van der Waals surface area contributed by atoms with Gasteiger partial charge in [0.25, 0.3) is 10.2 Å². The number of rotatable bonds is 7. The van der Waals surface area contributed by atoms with Crippen molar-refractivity contribution in [3.8, 4) is 0 Å². The van der Waals surface area contributed by atoms with Crippen molar-refractivity contribution in [2.75, 3.05) is 20.2 Å². The molecular weight excluding hydrogens is 248 g/mol. The molecule has 0 radical (unpaired) electrons. The average Bonchev–Trinajstić information content (AvgIpc) is 2.76. The van der Waals surface area contributed by atoms with Gasteiger partial charge in [-0.25, -0.2) is 0 Å². The number of aliphatic hydroxyl groups is 1. The fraction of sp³-hybridized carbons (Fsp3) is 0.556. The van der Waals surface area contributed by atoms with Crippen molar-refractivity contribution in [2.24, 2.45) is 0 Å². The summed E-state index contributed by atoms with van der Waals surface area (Å²) in [5.74, 6) is 0. The van der Waals surface area contributed by atoms with E-state index in [2.05, 4.69) is 4.72 Å². The molecule has 0 aliphatic rings. The third kappa shape index (κ3) is 4.18. The lowest BCUT2D eigenvalue weighted by molar-refractivity contribution is 0.275. The molecule has 2 N–H and O–H groups in total. The molecule has 0 aliphatic heterocycles. The van der Waals surface area contributed by atoms with Crippen molar-refractivity contribution >= 4 is 21.5 Å². The molecule has 0 spiro atoms. The first-order valence-electron chi connectivity index (χ1n) is 4.89. The molecular formula is C9H16N2O3S2. The lowest BCUT2D eigenvalue weighted by Gasteiger charge is -2.16. The fourth-order valence-corrected chi connectivity index (χ4v) is 2.70. The zero-order valence-corrected chi connectivity index (χ0v) is 10.7. The van der Waals surface area contributed by atoms with Gasteiger partial charge < -0.3 is 5.11 Å². The van der Waals surface area contributed by atoms with Crippen LogP contribution in [0.5, 0.6) is 0 Å². The summed E-state index contributed by atoms with van der Waals surface area (Å²) >= 11 is 1.53. The summed E-state index contributed by atoms with van der Waals surface area (Å²) in [7, 11) is -1.94. The second-order valence-electron chi connectivity index (χ2n) is 3.36. The summed E-state index contributed by atoms with van der Waals surface area (Å²) in [6.07, 6.45) is 0.440. The molecule has 0 amide bonds. The molecule has 1 aromatic rings. The van der Waals surface area contributed by atoms with E-state index in [1.54, 1.807) is 0 Å². The Kier molecular flexibility index (Phi) is 5.36. The van der Waals surface area contributed by atoms with Crippen molar-refractivity contribution in [1.82, 2.24) is 9.03 Å². The molecule has 1 aromatic heterocycles. The molecule has 7 heteroatoms. The van der Waals surface area contributed by atoms with Crippen LogP contribution in [0.1, 0.15) is 12.0 Å². The Labute approximate surface area is 99.9 Å². The highest BCUT2D eigenvalue weighted by Crippen LogP contribution is 2.06. The minimum absolute atomic E-state index is 0.00953. The lowest BCUT2D eigenvalue weighted by Crippen LogP contribution is -2.38. The predicted molar refractivity (Wildman–Crippen MR) is 64.4 cm³/mol. The molecule has 92 valence electrons. The van der Waals surface area contributed by atoms with Gasteiger partial charge in [-0.1, -0.05) is 0 Å². The smallest absolute Gasteiger partial charge is 0.279 e. The highest BCUT2D eigenvalue weighted by Gasteiger charge is 2.16. The van der Waals surface area contributed by atoms with Crippen LogP contribution in [0.3, 0.4) is 0 Å². The zero-order chi connectivity index (χ0) is 12.0. The van der Waals surface area contributed by atoms with Crippen molar-refractivity contribution in [3.05, 3.63) is 22.4 Å². The minimum atomic E-state index is -3.43. The molecule has 0 aromatic carbocycles. The molecule has 1 rings (SSSR count). The monoisotopic (exact) mass is 264 g/mol. The number of thiophene rings is 1. The van der Waals surface area contributed by atoms with Gasteiger partial charge in [-0.15, -0.1) is 0 Å². The van der Waals surface area contributed by atoms with Gasteiger partial charge in [0, 0.05) is 26.7 Å². The van der Waals surface area contributed by atoms with Crippen LogP contribution in [0.4, 0.5) is 0 Å². The third-order valence-electron chi connectivity index (χ3n) is 2.08. The van der Waals surface area contributed by atoms with Crippen LogP contribution >= 0.6 is 11.3 Å². The fourth-order valence-electron chi connectivity index (χ4n) is 1.09. The van der Waals surface area contributed by atoms with Crippen molar-refractivity contribution in [1.29, 1.82) is 0 Å². The molecule has 0 unspecified atom stereocenters. The van der Waals surface area contributed by atoms with Crippen LogP contribution < -0.4 is 4.72 Å². The molecule has 1 heterocycles. The molecule has 0 saturated heterocycles. The van der Waals surface area contributed by atoms with Crippen molar-refractivity contribution in [2.45, 2.75) is 13.0 Å². The highest BCUT2D eigenvalue weighted by molar-refractivity contribution is 7.87. The molecule has 0 saturated carbocycles. The van der Waals surface area contributed by atoms with Crippen molar-refractivity contribution < 1.29 is 13.5 Å². The first-order chi connectivity index (χ1) is 7.56. The number of hydrogen-bond donors (Lipinski definition) is 2. The van der Waals surface area contributed by atoms with E-state index in [1.165, 1.54) is 22.7 Å². The zero-order valence-electron chi connectivity index (χ0n) is 9.09. The Hall–Kier alpha value is -0.470. The minimum Gasteiger partial charge on any atom is -0.396 e. The van der Waals surface area contributed by atoms with Gasteiger partial charge in [0.15, 0.2) is 0 Å². The van der Waals surface area contributed by atoms with E-state index in [-0.39, 0.29) is 6.61 Å². The second kappa shape index (κ2) is 6.31. The van der Waals surface area contributed by atoms with Crippen LogP contribution in [0.2, 0.25) is 0 Å². The molecule has 0 fully saturated rings. The highest BCUT2D eigenvalue weighted by atomic mass is 32.2. The van der Waals surface area contributed by atoms with E-state index in [9.17, 15) is 8.42 Å². The summed E-state index contributed by atoms with van der Waals surface area (Å²) < 4.78 is 27.0. The normalized spacial score (nSPS) is 12.2. The van der Waals surface area contributed by atoms with Crippen LogP contribution in [-0.4, -0.2) is 38.0 Å². The maximum Gasteiger partial charge on any atom is 0.279 e. The number of aliphatic hydroxyl groups excluding tert-OH is 1. The number of nitrogens with zero attached hydrogens (tertiary/aromatic N) is 1. The van der Waals surface area contributed by atoms with Gasteiger partial charge in [-0.05, 0) is 28.8 Å². The van der Waals surface area contributed by atoms with E-state index in [4.69, 9.17) is 5.11 Å². The van der Waals surface area contributed by atoms with Crippen molar-refractivity contribution in [3.63, 3.8) is 0 Å². The predicted octanol–water partition coefficient (Wildman–Crippen LogP) is 0.397. The van der Waals surface area contributed by atoms with Gasteiger partial charge in [0.1, 0.15) is 0 Å². The van der Waals surface area contributed by atoms with Gasteiger partial charge in [0.2, 0.25) is 0 Å². The molecule has 16 heavy (non-hydrogen) atoms. The van der Waals surface area contributed by atoms with E-state index in [0.717, 1.165) is 5.56 Å². The standard InChI is InChI=1S/C9H16N2O3S2/c1-11(4-2-5-12)16(13,14)10-7-9-3-6-15-8-9/h3,6,8,10,12H,2,4-5,7H2,1H3. The quantitative estimate of drug-likeness (QED) is 0.749. The SMILES string of the molecule is CN(CCCO)S(=O)(=O)NCc1ccsc1. The Bertz CT molecular complexity index is 389. The number of nitrogens with one attached hydrogen (secondary N) is 1. The number of hydrogen-bond acceptors (Lipinski definition) is 4. The summed E-state index contributed by atoms with van der Waals surface area (Å²) in [4.78, 5) is 0. The molecule has 5 nitrogen and oxygen atoms in total. The van der Waals surface area contributed by atoms with Crippen LogP contribution in [0, 0.1) is 0 Å². The summed E-state index contributed by atoms with van der Waals surface area (Å²) in [6, 6.07) is 1.88. The largest absolute Gasteiger partial charge is 0.396 e. The molecule has 0 bridgehead atoms. The second-order valence-corrected chi connectivity index (χ2v) is 6.00. The Morgan fingerprint density at radius 1 is 1.56 bits per heavy atom. The van der Waals surface area contributed by atoms with E-state index in [0.29, 0.717) is 19.5 Å². The summed E-state index contributed by atoms with van der Waals surface area (Å²) in [6.45, 7) is 0.606. The van der Waals surface area contributed by atoms with E-state index >= 15 is 0 Å². The average molecular weight is 264 g/mol. The van der Waals surface area contributed by atoms with Gasteiger partial charge in [-0.2, -0.15) is 28.8 Å². The topological polar surface area (TPSA) is 69.6 Å². The third-order valence-corrected chi connectivity index (χ3v) is 4.32. The van der Waals surface area contributed by atoms with Crippen LogP contribution in [0.15, 0.2) is 16.8 Å². The Morgan fingerprint density at radius 3 is 2.88 bits per heavy atom. The lowest BCUT2D eigenvalue weighted by atomic mass is 10.4. The first-order valence-corrected chi connectivity index (χ1v) is 7.27.